The first-order valence-electron chi connectivity index (χ1n) is 7.66. The number of rotatable bonds is 3. The standard InChI is InChI=1S/C17H23NO/c1-2-12-17-13-8-4-7-11-15(17)19-16(18-17)14-9-5-3-6-10-14/h3,5-6,9-10,15H,2,4,7-8,11-13H2,1H3/t15-,17+/m0/s1. The molecule has 0 amide bonds. The van der Waals surface area contributed by atoms with E-state index >= 15 is 0 Å². The van der Waals surface area contributed by atoms with Gasteiger partial charge < -0.3 is 4.74 Å². The minimum absolute atomic E-state index is 0.0659. The Labute approximate surface area is 115 Å². The van der Waals surface area contributed by atoms with Gasteiger partial charge in [-0.05, 0) is 37.8 Å². The van der Waals surface area contributed by atoms with Crippen molar-refractivity contribution in [3.8, 4) is 0 Å². The van der Waals surface area contributed by atoms with Crippen molar-refractivity contribution >= 4 is 5.90 Å². The number of benzene rings is 1. The molecule has 0 N–H and O–H groups in total. The van der Waals surface area contributed by atoms with Crippen LogP contribution >= 0.6 is 0 Å². The van der Waals surface area contributed by atoms with Crippen LogP contribution in [0.5, 0.6) is 0 Å². The van der Waals surface area contributed by atoms with Gasteiger partial charge in [-0.3, -0.25) is 0 Å². The van der Waals surface area contributed by atoms with Gasteiger partial charge in [-0.25, -0.2) is 4.99 Å². The van der Waals surface area contributed by atoms with Gasteiger partial charge in [0.05, 0.1) is 0 Å². The van der Waals surface area contributed by atoms with Crippen LogP contribution in [0.25, 0.3) is 0 Å². The maximum atomic E-state index is 6.24. The van der Waals surface area contributed by atoms with Crippen molar-refractivity contribution in [1.29, 1.82) is 0 Å². The topological polar surface area (TPSA) is 21.6 Å². The van der Waals surface area contributed by atoms with Crippen molar-refractivity contribution in [3.63, 3.8) is 0 Å². The Morgan fingerprint density at radius 3 is 2.84 bits per heavy atom. The molecule has 0 radical (unpaired) electrons. The molecule has 1 aliphatic heterocycles. The van der Waals surface area contributed by atoms with Crippen molar-refractivity contribution in [2.24, 2.45) is 4.99 Å². The molecule has 1 heterocycles. The zero-order chi connectivity index (χ0) is 13.1. The molecular formula is C17H23NO. The minimum Gasteiger partial charge on any atom is -0.472 e. The van der Waals surface area contributed by atoms with Gasteiger partial charge in [0.2, 0.25) is 5.90 Å². The number of hydrogen-bond donors (Lipinski definition) is 0. The molecule has 2 nitrogen and oxygen atoms in total. The van der Waals surface area contributed by atoms with E-state index in [1.54, 1.807) is 0 Å². The Hall–Kier alpha value is -1.31. The molecule has 1 fully saturated rings. The van der Waals surface area contributed by atoms with Crippen LogP contribution in [0.2, 0.25) is 0 Å². The molecule has 1 saturated carbocycles. The van der Waals surface area contributed by atoms with Crippen molar-refractivity contribution in [3.05, 3.63) is 35.9 Å². The third kappa shape index (κ3) is 2.41. The Kier molecular flexibility index (Phi) is 3.58. The van der Waals surface area contributed by atoms with Crippen LogP contribution in [-0.4, -0.2) is 17.5 Å². The normalized spacial score (nSPS) is 30.2. The van der Waals surface area contributed by atoms with Crippen LogP contribution in [0.3, 0.4) is 0 Å². The molecule has 1 aliphatic carbocycles. The van der Waals surface area contributed by atoms with Crippen molar-refractivity contribution < 1.29 is 4.74 Å². The van der Waals surface area contributed by atoms with Crippen LogP contribution in [0.15, 0.2) is 35.3 Å². The molecule has 0 saturated heterocycles. The zero-order valence-corrected chi connectivity index (χ0v) is 11.8. The summed E-state index contributed by atoms with van der Waals surface area (Å²) in [4.78, 5) is 5.06. The number of ether oxygens (including phenoxy) is 1. The maximum Gasteiger partial charge on any atom is 0.217 e. The van der Waals surface area contributed by atoms with Crippen LogP contribution < -0.4 is 0 Å². The lowest BCUT2D eigenvalue weighted by Crippen LogP contribution is -2.37. The lowest BCUT2D eigenvalue weighted by atomic mass is 9.84. The third-order valence-corrected chi connectivity index (χ3v) is 4.46. The van der Waals surface area contributed by atoms with Crippen LogP contribution in [0.1, 0.15) is 57.4 Å². The van der Waals surface area contributed by atoms with E-state index in [-0.39, 0.29) is 5.54 Å². The summed E-state index contributed by atoms with van der Waals surface area (Å²) in [5, 5.41) is 0. The van der Waals surface area contributed by atoms with Gasteiger partial charge in [-0.15, -0.1) is 0 Å². The molecule has 2 atom stereocenters. The van der Waals surface area contributed by atoms with Crippen LogP contribution in [-0.2, 0) is 4.74 Å². The molecule has 1 aromatic carbocycles. The van der Waals surface area contributed by atoms with E-state index in [0.29, 0.717) is 6.10 Å². The highest BCUT2D eigenvalue weighted by atomic mass is 16.5. The summed E-state index contributed by atoms with van der Waals surface area (Å²) in [6.45, 7) is 2.26. The number of fused-ring (bicyclic) bond motifs is 1. The average molecular weight is 257 g/mol. The zero-order valence-electron chi connectivity index (χ0n) is 11.8. The molecule has 102 valence electrons. The van der Waals surface area contributed by atoms with Crippen LogP contribution in [0, 0.1) is 0 Å². The Morgan fingerprint density at radius 1 is 1.21 bits per heavy atom. The highest BCUT2D eigenvalue weighted by Crippen LogP contribution is 2.41. The summed E-state index contributed by atoms with van der Waals surface area (Å²) >= 11 is 0. The first kappa shape index (κ1) is 12.7. The third-order valence-electron chi connectivity index (χ3n) is 4.46. The average Bonchev–Trinajstić information content (AvgIpc) is 2.68. The fourth-order valence-electron chi connectivity index (χ4n) is 3.52. The van der Waals surface area contributed by atoms with E-state index in [0.717, 1.165) is 17.9 Å². The number of nitrogens with zero attached hydrogens (tertiary/aromatic N) is 1. The molecule has 0 aromatic heterocycles. The molecule has 2 heteroatoms. The first-order valence-corrected chi connectivity index (χ1v) is 7.66. The highest BCUT2D eigenvalue weighted by Gasteiger charge is 2.45. The summed E-state index contributed by atoms with van der Waals surface area (Å²) in [6.07, 6.45) is 8.94. The summed E-state index contributed by atoms with van der Waals surface area (Å²) in [6, 6.07) is 10.4. The Bertz CT molecular complexity index is 454. The lowest BCUT2D eigenvalue weighted by Gasteiger charge is -2.29. The van der Waals surface area contributed by atoms with E-state index in [1.807, 2.05) is 6.07 Å². The summed E-state index contributed by atoms with van der Waals surface area (Å²) in [5.41, 5.74) is 1.20. The fraction of sp³-hybridized carbons (Fsp3) is 0.588. The van der Waals surface area contributed by atoms with Gasteiger partial charge in [-0.2, -0.15) is 0 Å². The lowest BCUT2D eigenvalue weighted by molar-refractivity contribution is 0.121. The van der Waals surface area contributed by atoms with Gasteiger partial charge in [0.1, 0.15) is 11.6 Å². The second kappa shape index (κ2) is 5.36. The van der Waals surface area contributed by atoms with E-state index in [4.69, 9.17) is 9.73 Å². The fourth-order valence-corrected chi connectivity index (χ4v) is 3.52. The van der Waals surface area contributed by atoms with E-state index in [9.17, 15) is 0 Å². The highest BCUT2D eigenvalue weighted by molar-refractivity contribution is 5.95. The minimum atomic E-state index is 0.0659. The molecule has 0 unspecified atom stereocenters. The van der Waals surface area contributed by atoms with Crippen molar-refractivity contribution in [1.82, 2.24) is 0 Å². The maximum absolute atomic E-state index is 6.24. The van der Waals surface area contributed by atoms with E-state index in [2.05, 4.69) is 31.2 Å². The molecule has 0 bridgehead atoms. The van der Waals surface area contributed by atoms with Crippen molar-refractivity contribution in [2.45, 2.75) is 63.5 Å². The smallest absolute Gasteiger partial charge is 0.217 e. The molecule has 19 heavy (non-hydrogen) atoms. The Balaban J connectivity index is 1.92. The molecule has 1 aromatic rings. The predicted octanol–water partition coefficient (Wildman–Crippen LogP) is 4.34. The van der Waals surface area contributed by atoms with E-state index in [1.165, 1.54) is 38.5 Å². The number of hydrogen-bond acceptors (Lipinski definition) is 2. The predicted molar refractivity (Wildman–Crippen MR) is 78.6 cm³/mol. The van der Waals surface area contributed by atoms with Gasteiger partial charge in [0.15, 0.2) is 0 Å². The summed E-state index contributed by atoms with van der Waals surface area (Å²) < 4.78 is 6.24. The first-order chi connectivity index (χ1) is 9.34. The molecule has 0 spiro atoms. The van der Waals surface area contributed by atoms with Gasteiger partial charge in [0, 0.05) is 5.56 Å². The van der Waals surface area contributed by atoms with E-state index < -0.39 is 0 Å². The number of aliphatic imine (C=N–C) groups is 1. The van der Waals surface area contributed by atoms with Crippen molar-refractivity contribution in [2.75, 3.05) is 0 Å². The quantitative estimate of drug-likeness (QED) is 0.789. The van der Waals surface area contributed by atoms with Gasteiger partial charge >= 0.3 is 0 Å². The SMILES string of the molecule is CCC[C@@]12CCCCC[C@@H]1OC(c1ccccc1)=N2. The largest absolute Gasteiger partial charge is 0.472 e. The monoisotopic (exact) mass is 257 g/mol. The Morgan fingerprint density at radius 2 is 2.05 bits per heavy atom. The van der Waals surface area contributed by atoms with Gasteiger partial charge in [-0.1, -0.05) is 44.4 Å². The van der Waals surface area contributed by atoms with Crippen LogP contribution in [0.4, 0.5) is 0 Å². The second-order valence-electron chi connectivity index (χ2n) is 5.84. The molecular weight excluding hydrogens is 234 g/mol. The molecule has 3 rings (SSSR count). The van der Waals surface area contributed by atoms with Gasteiger partial charge in [0.25, 0.3) is 0 Å². The molecule has 2 aliphatic rings. The summed E-state index contributed by atoms with van der Waals surface area (Å²) in [5.74, 6) is 0.876. The summed E-state index contributed by atoms with van der Waals surface area (Å²) in [7, 11) is 0. The second-order valence-corrected chi connectivity index (χ2v) is 5.84.